The number of anilines is 1. The Kier molecular flexibility index (Phi) is 16.4. The highest BCUT2D eigenvalue weighted by Crippen LogP contribution is 2.32. The molecular formula is C32H35N5O17. The van der Waals surface area contributed by atoms with E-state index < -0.39 is 66.8 Å². The Balaban J connectivity index is 1.82. The molecule has 54 heavy (non-hydrogen) atoms. The molecule has 1 fully saturated rings. The van der Waals surface area contributed by atoms with E-state index in [9.17, 15) is 33.7 Å². The van der Waals surface area contributed by atoms with Gasteiger partial charge in [0.15, 0.2) is 18.3 Å². The third kappa shape index (κ3) is 13.2. The van der Waals surface area contributed by atoms with Crippen LogP contribution in [-0.2, 0) is 63.7 Å². The SMILES string of the molecule is COC(=O)[C@H]1O[C@@H](OC(=O)Nc2ccc(COC(=O)Oc3ccc(N=O)cc3)cc2OCCOCCN=[N+]=[N-])[C@H](OC(C)=O)[C@@H](OC(C)=O)[C@@H]1OC(C)=O. The fourth-order valence-electron chi connectivity index (χ4n) is 4.60. The minimum atomic E-state index is -1.94. The lowest BCUT2D eigenvalue weighted by atomic mass is 9.97. The predicted octanol–water partition coefficient (Wildman–Crippen LogP) is 3.75. The highest BCUT2D eigenvalue weighted by atomic mass is 16.8. The van der Waals surface area contributed by atoms with Gasteiger partial charge in [-0.3, -0.25) is 19.7 Å². The van der Waals surface area contributed by atoms with Gasteiger partial charge in [0.2, 0.25) is 12.4 Å². The second-order valence-corrected chi connectivity index (χ2v) is 10.7. The Bertz CT molecular complexity index is 1720. The van der Waals surface area contributed by atoms with Gasteiger partial charge in [0.25, 0.3) is 0 Å². The van der Waals surface area contributed by atoms with Crippen LogP contribution in [0.25, 0.3) is 10.4 Å². The monoisotopic (exact) mass is 761 g/mol. The molecule has 0 bridgehead atoms. The third-order valence-electron chi connectivity index (χ3n) is 6.72. The quantitative estimate of drug-likeness (QED) is 0.0351. The molecule has 1 amide bonds. The summed E-state index contributed by atoms with van der Waals surface area (Å²) >= 11 is 0. The Morgan fingerprint density at radius 2 is 1.52 bits per heavy atom. The van der Waals surface area contributed by atoms with Gasteiger partial charge in [0.1, 0.15) is 30.4 Å². The van der Waals surface area contributed by atoms with Crippen LogP contribution < -0.4 is 14.8 Å². The molecule has 1 N–H and O–H groups in total. The van der Waals surface area contributed by atoms with Crippen molar-refractivity contribution < 1.29 is 76.1 Å². The van der Waals surface area contributed by atoms with Gasteiger partial charge < -0.3 is 47.4 Å². The summed E-state index contributed by atoms with van der Waals surface area (Å²) in [7, 11) is 0.995. The molecule has 0 aliphatic carbocycles. The van der Waals surface area contributed by atoms with Crippen LogP contribution in [0.15, 0.2) is 52.8 Å². The summed E-state index contributed by atoms with van der Waals surface area (Å²) in [6.45, 7) is 2.78. The number of nitrogens with zero attached hydrogens (tertiary/aromatic N) is 4. The van der Waals surface area contributed by atoms with E-state index in [1.54, 1.807) is 0 Å². The Hall–Kier alpha value is -6.51. The number of hydrogen-bond donors (Lipinski definition) is 1. The molecule has 22 heteroatoms. The second-order valence-electron chi connectivity index (χ2n) is 10.7. The molecule has 0 radical (unpaired) electrons. The van der Waals surface area contributed by atoms with Gasteiger partial charge in [-0.15, -0.1) is 4.91 Å². The molecule has 1 heterocycles. The first-order valence-corrected chi connectivity index (χ1v) is 15.7. The second kappa shape index (κ2) is 21.1. The summed E-state index contributed by atoms with van der Waals surface area (Å²) in [6.07, 6.45) is -11.2. The lowest BCUT2D eigenvalue weighted by Gasteiger charge is -2.42. The van der Waals surface area contributed by atoms with Gasteiger partial charge in [-0.05, 0) is 52.7 Å². The standard InChI is InChI=1S/C32H35N5O17/c1-17(38)49-25-26(50-18(2)39)28(51-19(3)40)30(53-27(25)29(41)45-4)54-31(42)35-23-10-5-20(15-24(23)47-14-13-46-12-11-34-37-33)16-48-32(43)52-22-8-6-21(36-44)7-9-22/h5-10,15,25-28,30H,11-14,16H2,1-4H3,(H,35,42)/t25-,26-,27-,28+,30-/m0/s1. The van der Waals surface area contributed by atoms with Gasteiger partial charge in [0, 0.05) is 32.2 Å². The topological polar surface area (TPSA) is 285 Å². The number of carbonyl (C=O) groups excluding carboxylic acids is 6. The summed E-state index contributed by atoms with van der Waals surface area (Å²) in [6, 6.07) is 9.56. The fraction of sp³-hybridized carbons (Fsp3) is 0.438. The van der Waals surface area contributed by atoms with E-state index in [1.807, 2.05) is 0 Å². The number of rotatable bonds is 17. The minimum absolute atomic E-state index is 0.0111. The molecule has 2 aromatic rings. The van der Waals surface area contributed by atoms with Crippen molar-refractivity contribution >= 4 is 47.5 Å². The molecule has 0 unspecified atom stereocenters. The first kappa shape index (κ1) is 41.9. The van der Waals surface area contributed by atoms with Crippen LogP contribution in [0.5, 0.6) is 11.5 Å². The molecular weight excluding hydrogens is 726 g/mol. The van der Waals surface area contributed by atoms with E-state index >= 15 is 0 Å². The molecule has 2 aromatic carbocycles. The molecule has 290 valence electrons. The summed E-state index contributed by atoms with van der Waals surface area (Å²) < 4.78 is 52.8. The van der Waals surface area contributed by atoms with Crippen molar-refractivity contribution in [3.05, 3.63) is 63.4 Å². The van der Waals surface area contributed by atoms with Crippen molar-refractivity contribution in [3.8, 4) is 11.5 Å². The summed E-state index contributed by atoms with van der Waals surface area (Å²) in [5, 5.41) is 8.53. The van der Waals surface area contributed by atoms with Crippen LogP contribution in [0.1, 0.15) is 26.3 Å². The predicted molar refractivity (Wildman–Crippen MR) is 177 cm³/mol. The van der Waals surface area contributed by atoms with Gasteiger partial charge in [-0.1, -0.05) is 11.2 Å². The average molecular weight is 762 g/mol. The number of nitroso groups, excluding NO2 is 1. The minimum Gasteiger partial charge on any atom is -0.489 e. The van der Waals surface area contributed by atoms with Crippen LogP contribution >= 0.6 is 0 Å². The molecule has 5 atom stereocenters. The zero-order chi connectivity index (χ0) is 39.6. The van der Waals surface area contributed by atoms with E-state index in [2.05, 4.69) is 20.5 Å². The number of azide groups is 1. The van der Waals surface area contributed by atoms with Crippen molar-refractivity contribution in [2.75, 3.05) is 38.8 Å². The Labute approximate surface area is 305 Å². The van der Waals surface area contributed by atoms with Crippen LogP contribution in [0, 0.1) is 4.91 Å². The van der Waals surface area contributed by atoms with Crippen LogP contribution in [0.4, 0.5) is 21.0 Å². The summed E-state index contributed by atoms with van der Waals surface area (Å²) in [5.74, 6) is -3.81. The molecule has 0 saturated carbocycles. The largest absolute Gasteiger partial charge is 0.514 e. The number of amides is 1. The zero-order valence-electron chi connectivity index (χ0n) is 29.2. The average Bonchev–Trinajstić information content (AvgIpc) is 3.12. The van der Waals surface area contributed by atoms with Gasteiger partial charge >= 0.3 is 36.1 Å². The van der Waals surface area contributed by atoms with Crippen molar-refractivity contribution in [2.24, 2.45) is 10.3 Å². The smallest absolute Gasteiger partial charge is 0.489 e. The molecule has 3 rings (SSSR count). The lowest BCUT2D eigenvalue weighted by Crippen LogP contribution is -2.64. The van der Waals surface area contributed by atoms with Crippen molar-refractivity contribution in [3.63, 3.8) is 0 Å². The molecule has 0 aromatic heterocycles. The maximum Gasteiger partial charge on any atom is 0.514 e. The van der Waals surface area contributed by atoms with Crippen molar-refractivity contribution in [2.45, 2.75) is 58.1 Å². The van der Waals surface area contributed by atoms with Gasteiger partial charge in [-0.25, -0.2) is 14.4 Å². The van der Waals surface area contributed by atoms with E-state index in [1.165, 1.54) is 42.5 Å². The molecule has 1 saturated heterocycles. The third-order valence-corrected chi connectivity index (χ3v) is 6.72. The number of esters is 4. The van der Waals surface area contributed by atoms with E-state index in [-0.39, 0.29) is 55.8 Å². The molecule has 22 nitrogen and oxygen atoms in total. The maximum absolute atomic E-state index is 13.3. The zero-order valence-corrected chi connectivity index (χ0v) is 29.2. The normalized spacial score (nSPS) is 18.7. The number of nitrogens with one attached hydrogen (secondary N) is 1. The first-order chi connectivity index (χ1) is 25.8. The van der Waals surface area contributed by atoms with Crippen molar-refractivity contribution in [1.82, 2.24) is 0 Å². The maximum atomic E-state index is 13.3. The lowest BCUT2D eigenvalue weighted by molar-refractivity contribution is -0.287. The van der Waals surface area contributed by atoms with E-state index in [4.69, 9.17) is 52.9 Å². The number of ether oxygens (including phenoxy) is 10. The number of carbonyl (C=O) groups is 6. The van der Waals surface area contributed by atoms with Crippen molar-refractivity contribution in [1.29, 1.82) is 0 Å². The molecule has 1 aliphatic rings. The Morgan fingerprint density at radius 3 is 2.15 bits per heavy atom. The van der Waals surface area contributed by atoms with Gasteiger partial charge in [-0.2, -0.15) is 0 Å². The summed E-state index contributed by atoms with van der Waals surface area (Å²) in [4.78, 5) is 87.5. The highest BCUT2D eigenvalue weighted by molar-refractivity contribution is 5.87. The number of methoxy groups -OCH3 is 1. The highest BCUT2D eigenvalue weighted by Gasteiger charge is 2.56. The number of hydrogen-bond acceptors (Lipinski definition) is 19. The molecule has 1 aliphatic heterocycles. The van der Waals surface area contributed by atoms with Crippen LogP contribution in [0.3, 0.4) is 0 Å². The van der Waals surface area contributed by atoms with E-state index in [0.29, 0.717) is 5.56 Å². The Morgan fingerprint density at radius 1 is 0.852 bits per heavy atom. The van der Waals surface area contributed by atoms with E-state index in [0.717, 1.165) is 27.9 Å². The number of benzene rings is 2. The van der Waals surface area contributed by atoms with Crippen LogP contribution in [-0.4, -0.2) is 100 Å². The summed E-state index contributed by atoms with van der Waals surface area (Å²) in [5.41, 5.74) is 8.88. The van der Waals surface area contributed by atoms with Gasteiger partial charge in [0.05, 0.1) is 26.0 Å². The first-order valence-electron chi connectivity index (χ1n) is 15.7. The molecule has 0 spiro atoms. The van der Waals surface area contributed by atoms with Crippen LogP contribution in [0.2, 0.25) is 0 Å². The fourth-order valence-corrected chi connectivity index (χ4v) is 4.60.